The van der Waals surface area contributed by atoms with Crippen molar-refractivity contribution in [2.45, 2.75) is 0 Å². The summed E-state index contributed by atoms with van der Waals surface area (Å²) in [5, 5.41) is 8.89. The van der Waals surface area contributed by atoms with Crippen molar-refractivity contribution < 1.29 is 13.9 Å². The fourth-order valence-corrected chi connectivity index (χ4v) is 1.97. The number of ether oxygens (including phenoxy) is 1. The lowest BCUT2D eigenvalue weighted by Crippen LogP contribution is -2.10. The number of halogens is 2. The van der Waals surface area contributed by atoms with Crippen LogP contribution in [0.3, 0.4) is 0 Å². The first-order valence-corrected chi connectivity index (χ1v) is 6.07. The predicted octanol–water partition coefficient (Wildman–Crippen LogP) is 3.68. The molecule has 0 bridgehead atoms. The average molecular weight is 320 g/mol. The Morgan fingerprint density at radius 3 is 2.68 bits per heavy atom. The number of nitrogens with zero attached hydrogens (tertiary/aromatic N) is 1. The predicted molar refractivity (Wildman–Crippen MR) is 70.2 cm³/mol. The van der Waals surface area contributed by atoms with Gasteiger partial charge in [0.15, 0.2) is 0 Å². The van der Waals surface area contributed by atoms with Crippen LogP contribution in [0, 0.1) is 17.1 Å². The summed E-state index contributed by atoms with van der Waals surface area (Å²) in [6, 6.07) is 12.0. The molecule has 0 N–H and O–H groups in total. The minimum absolute atomic E-state index is 0.172. The molecule has 0 unspecified atom stereocenters. The Labute approximate surface area is 117 Å². The van der Waals surface area contributed by atoms with Crippen molar-refractivity contribution in [2.24, 2.45) is 0 Å². The van der Waals surface area contributed by atoms with Gasteiger partial charge in [0.05, 0.1) is 11.1 Å². The molecule has 0 aromatic heterocycles. The number of carbonyl (C=O) groups excluding carboxylic acids is 1. The number of nitriles is 1. The lowest BCUT2D eigenvalue weighted by molar-refractivity contribution is 0.0733. The summed E-state index contributed by atoms with van der Waals surface area (Å²) in [6.07, 6.45) is 0. The highest BCUT2D eigenvalue weighted by molar-refractivity contribution is 9.10. The molecule has 0 fully saturated rings. The largest absolute Gasteiger partial charge is 0.421 e. The van der Waals surface area contributed by atoms with Gasteiger partial charge in [-0.05, 0) is 46.3 Å². The van der Waals surface area contributed by atoms with E-state index in [9.17, 15) is 9.18 Å². The fourth-order valence-electron chi connectivity index (χ4n) is 1.46. The molecule has 0 amide bonds. The smallest absolute Gasteiger partial charge is 0.344 e. The molecule has 0 aliphatic rings. The van der Waals surface area contributed by atoms with Gasteiger partial charge in [-0.25, -0.2) is 9.18 Å². The van der Waals surface area contributed by atoms with Crippen molar-refractivity contribution in [3.8, 4) is 11.8 Å². The zero-order valence-electron chi connectivity index (χ0n) is 9.56. The van der Waals surface area contributed by atoms with Gasteiger partial charge in [-0.1, -0.05) is 12.1 Å². The summed E-state index contributed by atoms with van der Waals surface area (Å²) in [5.41, 5.74) is 0.447. The molecule has 0 aliphatic carbocycles. The van der Waals surface area contributed by atoms with Gasteiger partial charge in [-0.2, -0.15) is 5.26 Å². The molecule has 0 saturated heterocycles. The number of esters is 1. The van der Waals surface area contributed by atoms with E-state index in [1.54, 1.807) is 18.2 Å². The topological polar surface area (TPSA) is 50.1 Å². The van der Waals surface area contributed by atoms with Crippen LogP contribution in [0.15, 0.2) is 46.9 Å². The van der Waals surface area contributed by atoms with E-state index in [4.69, 9.17) is 10.00 Å². The van der Waals surface area contributed by atoms with E-state index in [2.05, 4.69) is 15.9 Å². The molecule has 94 valence electrons. The maximum atomic E-state index is 12.9. The number of hydrogen-bond donors (Lipinski definition) is 0. The highest BCUT2D eigenvalue weighted by atomic mass is 79.9. The van der Waals surface area contributed by atoms with Crippen LogP contribution in [0.1, 0.15) is 15.9 Å². The monoisotopic (exact) mass is 319 g/mol. The fraction of sp³-hybridized carbons (Fsp3) is 0. The molecule has 0 radical (unpaired) electrons. The first kappa shape index (κ1) is 13.2. The maximum Gasteiger partial charge on any atom is 0.344 e. The van der Waals surface area contributed by atoms with Crippen LogP contribution < -0.4 is 4.74 Å². The molecule has 5 heteroatoms. The van der Waals surface area contributed by atoms with Gasteiger partial charge in [-0.15, -0.1) is 0 Å². The van der Waals surface area contributed by atoms with Crippen LogP contribution in [-0.2, 0) is 0 Å². The zero-order chi connectivity index (χ0) is 13.8. The molecule has 19 heavy (non-hydrogen) atoms. The number of benzene rings is 2. The normalized spacial score (nSPS) is 9.74. The maximum absolute atomic E-state index is 12.9. The van der Waals surface area contributed by atoms with Crippen molar-refractivity contribution in [1.29, 1.82) is 5.26 Å². The van der Waals surface area contributed by atoms with E-state index in [0.29, 0.717) is 4.47 Å². The van der Waals surface area contributed by atoms with Crippen LogP contribution in [0.2, 0.25) is 0 Å². The van der Waals surface area contributed by atoms with Crippen LogP contribution in [0.4, 0.5) is 4.39 Å². The van der Waals surface area contributed by atoms with Gasteiger partial charge in [0.2, 0.25) is 0 Å². The van der Waals surface area contributed by atoms with Crippen molar-refractivity contribution in [3.63, 3.8) is 0 Å². The van der Waals surface area contributed by atoms with Crippen LogP contribution in [0.5, 0.6) is 5.75 Å². The molecule has 0 heterocycles. The van der Waals surface area contributed by atoms with Crippen molar-refractivity contribution in [2.75, 3.05) is 0 Å². The number of carbonyl (C=O) groups is 1. The standard InChI is InChI=1S/C14H7BrFNO2/c15-12-7-10(16)5-6-11(12)14(18)19-13-4-2-1-3-9(13)8-17/h1-7H. The number of para-hydroxylation sites is 1. The molecule has 0 atom stereocenters. The van der Waals surface area contributed by atoms with Crippen molar-refractivity contribution >= 4 is 21.9 Å². The van der Waals surface area contributed by atoms with E-state index in [1.165, 1.54) is 18.2 Å². The average Bonchev–Trinajstić information content (AvgIpc) is 2.39. The first-order chi connectivity index (χ1) is 9.11. The van der Waals surface area contributed by atoms with E-state index in [-0.39, 0.29) is 16.9 Å². The van der Waals surface area contributed by atoms with E-state index in [1.807, 2.05) is 6.07 Å². The summed E-state index contributed by atoms with van der Waals surface area (Å²) >= 11 is 3.09. The molecular weight excluding hydrogens is 313 g/mol. The number of rotatable bonds is 2. The highest BCUT2D eigenvalue weighted by Gasteiger charge is 2.14. The molecule has 2 rings (SSSR count). The van der Waals surface area contributed by atoms with Gasteiger partial charge in [0.25, 0.3) is 0 Å². The lowest BCUT2D eigenvalue weighted by Gasteiger charge is -2.07. The first-order valence-electron chi connectivity index (χ1n) is 5.28. The quantitative estimate of drug-likeness (QED) is 0.626. The Morgan fingerprint density at radius 2 is 2.00 bits per heavy atom. The Kier molecular flexibility index (Phi) is 3.93. The molecular formula is C14H7BrFNO2. The summed E-state index contributed by atoms with van der Waals surface area (Å²) in [7, 11) is 0. The third-order valence-electron chi connectivity index (χ3n) is 2.36. The third kappa shape index (κ3) is 2.98. The molecule has 0 aliphatic heterocycles. The Balaban J connectivity index is 2.29. The number of hydrogen-bond acceptors (Lipinski definition) is 3. The second-order valence-electron chi connectivity index (χ2n) is 3.62. The minimum atomic E-state index is -0.658. The van der Waals surface area contributed by atoms with Gasteiger partial charge < -0.3 is 4.74 Å². The molecule has 0 saturated carbocycles. The van der Waals surface area contributed by atoms with Gasteiger partial charge in [-0.3, -0.25) is 0 Å². The summed E-state index contributed by atoms with van der Waals surface area (Å²) in [4.78, 5) is 11.9. The van der Waals surface area contributed by atoms with Crippen molar-refractivity contribution in [3.05, 3.63) is 63.9 Å². The van der Waals surface area contributed by atoms with Gasteiger partial charge in [0, 0.05) is 4.47 Å². The van der Waals surface area contributed by atoms with Crippen LogP contribution in [-0.4, -0.2) is 5.97 Å². The Hall–Kier alpha value is -2.19. The van der Waals surface area contributed by atoms with Crippen LogP contribution >= 0.6 is 15.9 Å². The molecule has 3 nitrogen and oxygen atoms in total. The summed E-state index contributed by atoms with van der Waals surface area (Å²) < 4.78 is 18.4. The van der Waals surface area contributed by atoms with E-state index >= 15 is 0 Å². The highest BCUT2D eigenvalue weighted by Crippen LogP contribution is 2.22. The van der Waals surface area contributed by atoms with Gasteiger partial charge in [0.1, 0.15) is 17.6 Å². The zero-order valence-corrected chi connectivity index (χ0v) is 11.1. The van der Waals surface area contributed by atoms with Crippen LogP contribution in [0.25, 0.3) is 0 Å². The second kappa shape index (κ2) is 5.63. The minimum Gasteiger partial charge on any atom is -0.421 e. The molecule has 0 spiro atoms. The third-order valence-corrected chi connectivity index (χ3v) is 3.02. The molecule has 2 aromatic carbocycles. The van der Waals surface area contributed by atoms with Gasteiger partial charge >= 0.3 is 5.97 Å². The SMILES string of the molecule is N#Cc1ccccc1OC(=O)c1ccc(F)cc1Br. The van der Waals surface area contributed by atoms with Crippen molar-refractivity contribution in [1.82, 2.24) is 0 Å². The Bertz CT molecular complexity index is 679. The van der Waals surface area contributed by atoms with E-state index in [0.717, 1.165) is 6.07 Å². The summed E-state index contributed by atoms with van der Waals surface area (Å²) in [5.74, 6) is -0.943. The Morgan fingerprint density at radius 1 is 1.26 bits per heavy atom. The second-order valence-corrected chi connectivity index (χ2v) is 4.48. The molecule has 2 aromatic rings. The lowest BCUT2D eigenvalue weighted by atomic mass is 10.2. The summed E-state index contributed by atoms with van der Waals surface area (Å²) in [6.45, 7) is 0. The van der Waals surface area contributed by atoms with E-state index < -0.39 is 11.8 Å².